The molecule has 2 aliphatic heterocycles. The first kappa shape index (κ1) is 18.8. The molecule has 1 fully saturated rings. The van der Waals surface area contributed by atoms with Crippen LogP contribution >= 0.6 is 11.6 Å². The minimum Gasteiger partial charge on any atom is -0.478 e. The highest BCUT2D eigenvalue weighted by molar-refractivity contribution is 6.30. The molecule has 0 saturated carbocycles. The number of para-hydroxylation sites is 2. The number of benzene rings is 2. The summed E-state index contributed by atoms with van der Waals surface area (Å²) in [6.07, 6.45) is -0.730. The number of hydrogen-bond donors (Lipinski definition) is 1. The Hall–Kier alpha value is -2.57. The van der Waals surface area contributed by atoms with Gasteiger partial charge in [0.05, 0.1) is 12.1 Å². The zero-order valence-electron chi connectivity index (χ0n) is 15.4. The van der Waals surface area contributed by atoms with Crippen molar-refractivity contribution < 1.29 is 14.3 Å². The first-order chi connectivity index (χ1) is 13.6. The van der Waals surface area contributed by atoms with Gasteiger partial charge in [-0.1, -0.05) is 35.9 Å². The van der Waals surface area contributed by atoms with Crippen molar-refractivity contribution in [3.8, 4) is 5.75 Å². The third kappa shape index (κ3) is 4.29. The molecular formula is C21H22ClN3O3. The van der Waals surface area contributed by atoms with Crippen molar-refractivity contribution in [2.45, 2.75) is 19.1 Å². The van der Waals surface area contributed by atoms with Gasteiger partial charge in [-0.3, -0.25) is 14.5 Å². The number of carbonyl (C=O) groups is 2. The second-order valence-corrected chi connectivity index (χ2v) is 7.52. The van der Waals surface area contributed by atoms with Crippen molar-refractivity contribution in [3.05, 3.63) is 59.1 Å². The van der Waals surface area contributed by atoms with Crippen LogP contribution in [-0.2, 0) is 16.1 Å². The third-order valence-electron chi connectivity index (χ3n) is 5.11. The highest BCUT2D eigenvalue weighted by atomic mass is 35.5. The van der Waals surface area contributed by atoms with E-state index in [-0.39, 0.29) is 18.2 Å². The first-order valence-corrected chi connectivity index (χ1v) is 9.77. The average Bonchev–Trinajstić information content (AvgIpc) is 2.71. The van der Waals surface area contributed by atoms with Crippen molar-refractivity contribution in [3.63, 3.8) is 0 Å². The van der Waals surface area contributed by atoms with E-state index in [1.54, 1.807) is 12.1 Å². The van der Waals surface area contributed by atoms with Crippen molar-refractivity contribution >= 4 is 29.1 Å². The summed E-state index contributed by atoms with van der Waals surface area (Å²) in [5.74, 6) is 0.284. The molecule has 0 aliphatic carbocycles. The van der Waals surface area contributed by atoms with Gasteiger partial charge in [-0.2, -0.15) is 0 Å². The molecule has 2 aromatic rings. The molecule has 1 N–H and O–H groups in total. The van der Waals surface area contributed by atoms with E-state index in [9.17, 15) is 9.59 Å². The van der Waals surface area contributed by atoms with Crippen LogP contribution in [0.3, 0.4) is 0 Å². The Morgan fingerprint density at radius 2 is 1.79 bits per heavy atom. The molecule has 0 spiro atoms. The SMILES string of the molecule is O=C1Nc2ccccc2OC1CC(=O)N1CCN(Cc2ccc(Cl)cc2)CC1. The number of carbonyl (C=O) groups excluding carboxylic acids is 2. The molecule has 0 radical (unpaired) electrons. The minimum atomic E-state index is -0.783. The maximum atomic E-state index is 12.7. The number of nitrogens with one attached hydrogen (secondary N) is 1. The van der Waals surface area contributed by atoms with E-state index in [2.05, 4.69) is 10.2 Å². The van der Waals surface area contributed by atoms with E-state index in [1.165, 1.54) is 5.56 Å². The molecule has 28 heavy (non-hydrogen) atoms. The second-order valence-electron chi connectivity index (χ2n) is 7.08. The lowest BCUT2D eigenvalue weighted by atomic mass is 10.1. The molecule has 2 heterocycles. The van der Waals surface area contributed by atoms with Crippen molar-refractivity contribution in [1.82, 2.24) is 9.80 Å². The van der Waals surface area contributed by atoms with Gasteiger partial charge >= 0.3 is 0 Å². The average molecular weight is 400 g/mol. The van der Waals surface area contributed by atoms with E-state index in [0.29, 0.717) is 24.5 Å². The van der Waals surface area contributed by atoms with Gasteiger partial charge in [0, 0.05) is 37.7 Å². The zero-order valence-corrected chi connectivity index (χ0v) is 16.2. The predicted molar refractivity (Wildman–Crippen MR) is 107 cm³/mol. The van der Waals surface area contributed by atoms with Gasteiger partial charge in [-0.15, -0.1) is 0 Å². The van der Waals surface area contributed by atoms with Crippen LogP contribution < -0.4 is 10.1 Å². The monoisotopic (exact) mass is 399 g/mol. The maximum Gasteiger partial charge on any atom is 0.266 e. The topological polar surface area (TPSA) is 61.9 Å². The van der Waals surface area contributed by atoms with E-state index in [0.717, 1.165) is 24.7 Å². The molecule has 0 bridgehead atoms. The Balaban J connectivity index is 1.28. The van der Waals surface area contributed by atoms with E-state index < -0.39 is 6.10 Å². The van der Waals surface area contributed by atoms with Crippen LogP contribution in [0.2, 0.25) is 5.02 Å². The molecule has 2 aromatic carbocycles. The fourth-order valence-corrected chi connectivity index (χ4v) is 3.64. The van der Waals surface area contributed by atoms with Crippen LogP contribution in [0.5, 0.6) is 5.75 Å². The van der Waals surface area contributed by atoms with Gasteiger partial charge in [0.1, 0.15) is 5.75 Å². The van der Waals surface area contributed by atoms with Crippen LogP contribution in [-0.4, -0.2) is 53.9 Å². The van der Waals surface area contributed by atoms with Crippen LogP contribution in [0.15, 0.2) is 48.5 Å². The summed E-state index contributed by atoms with van der Waals surface area (Å²) in [6, 6.07) is 15.1. The van der Waals surface area contributed by atoms with E-state index >= 15 is 0 Å². The largest absolute Gasteiger partial charge is 0.478 e. The fraction of sp³-hybridized carbons (Fsp3) is 0.333. The Labute approximate surface area is 169 Å². The lowest BCUT2D eigenvalue weighted by molar-refractivity contribution is -0.138. The Kier molecular flexibility index (Phi) is 5.50. The van der Waals surface area contributed by atoms with Gasteiger partial charge in [0.15, 0.2) is 6.10 Å². The van der Waals surface area contributed by atoms with E-state index in [4.69, 9.17) is 16.3 Å². The number of piperazine rings is 1. The van der Waals surface area contributed by atoms with Gasteiger partial charge in [-0.25, -0.2) is 0 Å². The summed E-state index contributed by atoms with van der Waals surface area (Å²) >= 11 is 5.93. The molecule has 2 amide bonds. The number of nitrogens with zero attached hydrogens (tertiary/aromatic N) is 2. The Morgan fingerprint density at radius 1 is 1.07 bits per heavy atom. The van der Waals surface area contributed by atoms with Crippen molar-refractivity contribution in [2.75, 3.05) is 31.5 Å². The lowest BCUT2D eigenvalue weighted by Crippen LogP contribution is -2.50. The van der Waals surface area contributed by atoms with Gasteiger partial charge in [-0.05, 0) is 29.8 Å². The zero-order chi connectivity index (χ0) is 19.5. The standard InChI is InChI=1S/C21H22ClN3O3/c22-16-7-5-15(6-8-16)14-24-9-11-25(12-10-24)20(26)13-19-21(27)23-17-3-1-2-4-18(17)28-19/h1-8,19H,9-14H2,(H,23,27). The number of rotatable bonds is 4. The molecular weight excluding hydrogens is 378 g/mol. The quantitative estimate of drug-likeness (QED) is 0.858. The third-order valence-corrected chi connectivity index (χ3v) is 5.36. The van der Waals surface area contributed by atoms with Crippen LogP contribution in [0.1, 0.15) is 12.0 Å². The molecule has 2 aliphatic rings. The summed E-state index contributed by atoms with van der Waals surface area (Å²) in [7, 11) is 0. The van der Waals surface area contributed by atoms with Gasteiger partial charge in [0.25, 0.3) is 5.91 Å². The normalized spacial score (nSPS) is 19.5. The lowest BCUT2D eigenvalue weighted by Gasteiger charge is -2.35. The summed E-state index contributed by atoms with van der Waals surface area (Å²) in [5.41, 5.74) is 1.85. The van der Waals surface area contributed by atoms with Gasteiger partial charge < -0.3 is 15.0 Å². The summed E-state index contributed by atoms with van der Waals surface area (Å²) in [6.45, 7) is 3.74. The van der Waals surface area contributed by atoms with Crippen LogP contribution in [0.4, 0.5) is 5.69 Å². The van der Waals surface area contributed by atoms with E-state index in [1.807, 2.05) is 41.3 Å². The molecule has 1 unspecified atom stereocenters. The number of hydrogen-bond acceptors (Lipinski definition) is 4. The number of halogens is 1. The second kappa shape index (κ2) is 8.20. The highest BCUT2D eigenvalue weighted by Gasteiger charge is 2.32. The summed E-state index contributed by atoms with van der Waals surface area (Å²) in [5, 5.41) is 3.54. The number of anilines is 1. The molecule has 146 valence electrons. The van der Waals surface area contributed by atoms with Crippen molar-refractivity contribution in [2.24, 2.45) is 0 Å². The van der Waals surface area contributed by atoms with Crippen molar-refractivity contribution in [1.29, 1.82) is 0 Å². The molecule has 4 rings (SSSR count). The van der Waals surface area contributed by atoms with Crippen LogP contribution in [0, 0.1) is 0 Å². The molecule has 7 heteroatoms. The first-order valence-electron chi connectivity index (χ1n) is 9.39. The van der Waals surface area contributed by atoms with Crippen LogP contribution in [0.25, 0.3) is 0 Å². The summed E-state index contributed by atoms with van der Waals surface area (Å²) < 4.78 is 5.73. The Morgan fingerprint density at radius 3 is 2.54 bits per heavy atom. The Bertz CT molecular complexity index is 863. The molecule has 0 aromatic heterocycles. The number of fused-ring (bicyclic) bond motifs is 1. The number of ether oxygens (including phenoxy) is 1. The molecule has 1 saturated heterocycles. The maximum absolute atomic E-state index is 12.7. The highest BCUT2D eigenvalue weighted by Crippen LogP contribution is 2.29. The molecule has 6 nitrogen and oxygen atoms in total. The number of amides is 2. The smallest absolute Gasteiger partial charge is 0.266 e. The predicted octanol–water partition coefficient (Wildman–Crippen LogP) is 2.77. The fourth-order valence-electron chi connectivity index (χ4n) is 3.52. The molecule has 1 atom stereocenters. The minimum absolute atomic E-state index is 0.0503. The van der Waals surface area contributed by atoms with Gasteiger partial charge in [0.2, 0.25) is 5.91 Å². The summed E-state index contributed by atoms with van der Waals surface area (Å²) in [4.78, 5) is 29.0.